The molecule has 0 aromatic heterocycles. The summed E-state index contributed by atoms with van der Waals surface area (Å²) in [6, 6.07) is 10.3. The molecule has 106 valence electrons. The molecule has 0 saturated heterocycles. The molecule has 20 heavy (non-hydrogen) atoms. The van der Waals surface area contributed by atoms with Crippen LogP contribution < -0.4 is 0 Å². The Balaban J connectivity index is 1.92. The fourth-order valence-corrected chi connectivity index (χ4v) is 3.37. The molecule has 1 heterocycles. The van der Waals surface area contributed by atoms with Gasteiger partial charge in [-0.2, -0.15) is 0 Å². The van der Waals surface area contributed by atoms with E-state index in [1.165, 1.54) is 19.1 Å². The maximum absolute atomic E-state index is 11.6. The van der Waals surface area contributed by atoms with Gasteiger partial charge in [0.25, 0.3) is 0 Å². The van der Waals surface area contributed by atoms with Gasteiger partial charge in [0.2, 0.25) is 0 Å². The van der Waals surface area contributed by atoms with Crippen LogP contribution in [0.2, 0.25) is 0 Å². The predicted octanol–water partition coefficient (Wildman–Crippen LogP) is 2.89. The molecule has 1 fully saturated rings. The normalized spacial score (nSPS) is 28.2. The lowest BCUT2D eigenvalue weighted by Crippen LogP contribution is -2.34. The molecule has 3 atom stereocenters. The molecule has 0 unspecified atom stereocenters. The number of esters is 1. The number of benzene rings is 1. The quantitative estimate of drug-likeness (QED) is 0.796. The van der Waals surface area contributed by atoms with E-state index in [1.54, 1.807) is 0 Å². The summed E-state index contributed by atoms with van der Waals surface area (Å²) < 4.78 is 4.77. The highest BCUT2D eigenvalue weighted by Crippen LogP contribution is 2.43. The molecule has 0 N–H and O–H groups in total. The summed E-state index contributed by atoms with van der Waals surface area (Å²) in [5.41, 5.74) is 2.02. The van der Waals surface area contributed by atoms with E-state index in [-0.39, 0.29) is 24.4 Å². The fraction of sp³-hybridized carbons (Fsp3) is 0.500. The van der Waals surface area contributed by atoms with Crippen LogP contribution in [-0.2, 0) is 14.4 Å². The number of carbonyl (C=O) groups excluding carboxylic acids is 1. The van der Waals surface area contributed by atoms with Gasteiger partial charge in [-0.15, -0.1) is 0 Å². The maximum Gasteiger partial charge on any atom is 0.311 e. The Kier molecular flexibility index (Phi) is 3.72. The maximum atomic E-state index is 11.6. The highest BCUT2D eigenvalue weighted by atomic mass is 16.6. The molecule has 0 bridgehead atoms. The zero-order valence-corrected chi connectivity index (χ0v) is 11.6. The van der Waals surface area contributed by atoms with Crippen LogP contribution in [0, 0.1) is 5.92 Å². The van der Waals surface area contributed by atoms with Crippen LogP contribution >= 0.6 is 0 Å². The summed E-state index contributed by atoms with van der Waals surface area (Å²) in [7, 11) is 1.41. The number of fused-ring (bicyclic) bond motifs is 1. The van der Waals surface area contributed by atoms with Crippen molar-refractivity contribution in [2.24, 2.45) is 11.1 Å². The van der Waals surface area contributed by atoms with Gasteiger partial charge in [0, 0.05) is 11.8 Å². The molecule has 1 aliphatic heterocycles. The minimum atomic E-state index is -0.260. The van der Waals surface area contributed by atoms with Crippen LogP contribution in [0.5, 0.6) is 0 Å². The first-order valence-electron chi connectivity index (χ1n) is 7.14. The van der Waals surface area contributed by atoms with Gasteiger partial charge >= 0.3 is 5.97 Å². The van der Waals surface area contributed by atoms with Gasteiger partial charge in [-0.05, 0) is 24.8 Å². The van der Waals surface area contributed by atoms with E-state index in [2.05, 4.69) is 17.3 Å². The molecule has 0 radical (unpaired) electrons. The van der Waals surface area contributed by atoms with Crippen molar-refractivity contribution >= 4 is 11.7 Å². The molecule has 4 heteroatoms. The van der Waals surface area contributed by atoms with Crippen molar-refractivity contribution in [2.75, 3.05) is 7.11 Å². The zero-order valence-electron chi connectivity index (χ0n) is 11.6. The van der Waals surface area contributed by atoms with Crippen LogP contribution in [0.25, 0.3) is 0 Å². The topological polar surface area (TPSA) is 47.9 Å². The van der Waals surface area contributed by atoms with Crippen LogP contribution in [-0.4, -0.2) is 24.9 Å². The monoisotopic (exact) mass is 273 g/mol. The lowest BCUT2D eigenvalue weighted by atomic mass is 9.78. The summed E-state index contributed by atoms with van der Waals surface area (Å²) in [4.78, 5) is 17.2. The number of hydrogen-bond donors (Lipinski definition) is 0. The summed E-state index contributed by atoms with van der Waals surface area (Å²) in [5, 5.41) is 4.23. The molecule has 1 aromatic rings. The summed E-state index contributed by atoms with van der Waals surface area (Å²) >= 11 is 0. The van der Waals surface area contributed by atoms with Gasteiger partial charge in [-0.25, -0.2) is 0 Å². The highest BCUT2D eigenvalue weighted by Gasteiger charge is 2.42. The van der Waals surface area contributed by atoms with E-state index in [1.807, 2.05) is 18.2 Å². The third-order valence-electron chi connectivity index (χ3n) is 4.31. The molecule has 0 amide bonds. The molecular formula is C16H19NO3. The smallest absolute Gasteiger partial charge is 0.311 e. The van der Waals surface area contributed by atoms with E-state index in [0.29, 0.717) is 5.92 Å². The summed E-state index contributed by atoms with van der Waals surface area (Å²) in [6.45, 7) is 0. The second-order valence-electron chi connectivity index (χ2n) is 5.46. The average molecular weight is 273 g/mol. The van der Waals surface area contributed by atoms with Crippen LogP contribution in [0.1, 0.15) is 37.2 Å². The number of hydrogen-bond acceptors (Lipinski definition) is 4. The van der Waals surface area contributed by atoms with Gasteiger partial charge in [0.1, 0.15) is 6.10 Å². The van der Waals surface area contributed by atoms with Gasteiger partial charge in [0.15, 0.2) is 0 Å². The second kappa shape index (κ2) is 5.65. The van der Waals surface area contributed by atoms with E-state index >= 15 is 0 Å². The largest absolute Gasteiger partial charge is 0.469 e. The van der Waals surface area contributed by atoms with Crippen molar-refractivity contribution in [3.63, 3.8) is 0 Å². The Morgan fingerprint density at radius 3 is 2.90 bits per heavy atom. The van der Waals surface area contributed by atoms with E-state index in [4.69, 9.17) is 9.57 Å². The predicted molar refractivity (Wildman–Crippen MR) is 75.5 cm³/mol. The van der Waals surface area contributed by atoms with Crippen molar-refractivity contribution in [3.8, 4) is 0 Å². The van der Waals surface area contributed by atoms with Crippen molar-refractivity contribution in [1.29, 1.82) is 0 Å². The summed E-state index contributed by atoms with van der Waals surface area (Å²) in [6.07, 6.45) is 3.76. The first-order valence-corrected chi connectivity index (χ1v) is 7.14. The van der Waals surface area contributed by atoms with Crippen LogP contribution in [0.4, 0.5) is 0 Å². The SMILES string of the molecule is COC(=O)CC1=NO[C@@H]2CCC[C@@H]2[C@H]1c1ccccc1. The highest BCUT2D eigenvalue weighted by molar-refractivity contribution is 6.02. The molecule has 2 aliphatic rings. The molecular weight excluding hydrogens is 254 g/mol. The number of methoxy groups -OCH3 is 1. The fourth-order valence-electron chi connectivity index (χ4n) is 3.37. The zero-order chi connectivity index (χ0) is 13.9. The van der Waals surface area contributed by atoms with Gasteiger partial charge < -0.3 is 9.57 Å². The van der Waals surface area contributed by atoms with Crippen molar-refractivity contribution in [3.05, 3.63) is 35.9 Å². The number of oxime groups is 1. The Labute approximate surface area is 118 Å². The van der Waals surface area contributed by atoms with Gasteiger partial charge in [0.05, 0.1) is 19.2 Å². The Hall–Kier alpha value is -1.84. The number of carbonyl (C=O) groups is 1. The van der Waals surface area contributed by atoms with Gasteiger partial charge in [-0.3, -0.25) is 4.79 Å². The Bertz CT molecular complexity index is 512. The third kappa shape index (κ3) is 2.42. The van der Waals surface area contributed by atoms with Crippen LogP contribution in [0.15, 0.2) is 35.5 Å². The third-order valence-corrected chi connectivity index (χ3v) is 4.31. The molecule has 3 rings (SSSR count). The van der Waals surface area contributed by atoms with Crippen LogP contribution in [0.3, 0.4) is 0 Å². The van der Waals surface area contributed by atoms with Gasteiger partial charge in [-0.1, -0.05) is 35.5 Å². The second-order valence-corrected chi connectivity index (χ2v) is 5.46. The van der Waals surface area contributed by atoms with E-state index in [0.717, 1.165) is 18.6 Å². The first-order chi connectivity index (χ1) is 9.79. The Morgan fingerprint density at radius 1 is 1.35 bits per heavy atom. The summed E-state index contributed by atoms with van der Waals surface area (Å²) in [5.74, 6) is 0.343. The van der Waals surface area contributed by atoms with E-state index in [9.17, 15) is 4.79 Å². The lowest BCUT2D eigenvalue weighted by Gasteiger charge is -2.32. The molecule has 1 aliphatic carbocycles. The van der Waals surface area contributed by atoms with Crippen molar-refractivity contribution in [2.45, 2.75) is 37.7 Å². The standard InChI is InChI=1S/C16H19NO3/c1-19-15(18)10-13-16(11-6-3-2-4-7-11)12-8-5-9-14(12)20-17-13/h2-4,6-7,12,14,16H,5,8-10H2,1H3/t12-,14+,16+/m0/s1. The number of rotatable bonds is 3. The molecule has 1 aromatic carbocycles. The minimum absolute atomic E-state index is 0.177. The van der Waals surface area contributed by atoms with Crippen molar-refractivity contribution < 1.29 is 14.4 Å². The first kappa shape index (κ1) is 13.2. The molecule has 4 nitrogen and oxygen atoms in total. The average Bonchev–Trinajstić information content (AvgIpc) is 2.96. The lowest BCUT2D eigenvalue weighted by molar-refractivity contribution is -0.139. The molecule has 1 saturated carbocycles. The number of ether oxygens (including phenoxy) is 1. The Morgan fingerprint density at radius 2 is 2.15 bits per heavy atom. The molecule has 0 spiro atoms. The minimum Gasteiger partial charge on any atom is -0.469 e. The van der Waals surface area contributed by atoms with E-state index < -0.39 is 0 Å². The number of nitrogens with zero attached hydrogens (tertiary/aromatic N) is 1. The van der Waals surface area contributed by atoms with Crippen molar-refractivity contribution in [1.82, 2.24) is 0 Å².